The monoisotopic (exact) mass is 326 g/mol. The highest BCUT2D eigenvalue weighted by Gasteiger charge is 2.18. The van der Waals surface area contributed by atoms with Crippen molar-refractivity contribution in [2.45, 2.75) is 39.3 Å². The Labute approximate surface area is 135 Å². The Balaban J connectivity index is 2.18. The van der Waals surface area contributed by atoms with Gasteiger partial charge in [-0.1, -0.05) is 41.4 Å². The van der Waals surface area contributed by atoms with E-state index in [-0.39, 0.29) is 6.04 Å². The van der Waals surface area contributed by atoms with Gasteiger partial charge in [0.05, 0.1) is 16.4 Å². The molecule has 0 bridgehead atoms. The first-order valence-corrected chi connectivity index (χ1v) is 7.73. The lowest BCUT2D eigenvalue weighted by Gasteiger charge is -2.17. The molecule has 1 aromatic carbocycles. The lowest BCUT2D eigenvalue weighted by Crippen LogP contribution is -2.39. The number of aromatic nitrogens is 2. The molecule has 0 saturated heterocycles. The summed E-state index contributed by atoms with van der Waals surface area (Å²) in [6, 6.07) is 7.84. The molecule has 21 heavy (non-hydrogen) atoms. The van der Waals surface area contributed by atoms with Crippen LogP contribution in [0.25, 0.3) is 0 Å². The van der Waals surface area contributed by atoms with Crippen LogP contribution in [0, 0.1) is 6.92 Å². The van der Waals surface area contributed by atoms with E-state index in [1.807, 2.05) is 42.8 Å². The number of hydrogen-bond acceptors (Lipinski definition) is 3. The van der Waals surface area contributed by atoms with Crippen molar-refractivity contribution in [3.63, 3.8) is 0 Å². The normalized spacial score (nSPS) is 12.6. The number of aryl methyl sites for hydroxylation is 2. The molecule has 2 aromatic rings. The molecule has 4 nitrogen and oxygen atoms in total. The molecule has 0 aliphatic rings. The van der Waals surface area contributed by atoms with Crippen molar-refractivity contribution in [2.24, 2.45) is 5.84 Å². The molecule has 1 atom stereocenters. The first-order chi connectivity index (χ1) is 10.1. The highest BCUT2D eigenvalue weighted by atomic mass is 35.5. The van der Waals surface area contributed by atoms with Gasteiger partial charge in [-0.2, -0.15) is 5.10 Å². The van der Waals surface area contributed by atoms with Gasteiger partial charge in [-0.3, -0.25) is 16.0 Å². The Morgan fingerprint density at radius 3 is 2.62 bits per heavy atom. The fraction of sp³-hybridized carbons (Fsp3) is 0.400. The van der Waals surface area contributed by atoms with Crippen LogP contribution in [0.15, 0.2) is 24.3 Å². The number of hydrogen-bond donors (Lipinski definition) is 2. The number of halogens is 2. The predicted octanol–water partition coefficient (Wildman–Crippen LogP) is 3.14. The second-order valence-electron chi connectivity index (χ2n) is 5.03. The highest BCUT2D eigenvalue weighted by Crippen LogP contribution is 2.23. The van der Waals surface area contributed by atoms with Gasteiger partial charge in [0.15, 0.2) is 0 Å². The molecule has 0 fully saturated rings. The van der Waals surface area contributed by atoms with E-state index >= 15 is 0 Å². The number of nitrogens with zero attached hydrogens (tertiary/aromatic N) is 2. The van der Waals surface area contributed by atoms with Gasteiger partial charge in [0, 0.05) is 24.0 Å². The predicted molar refractivity (Wildman–Crippen MR) is 87.6 cm³/mol. The fourth-order valence-electron chi connectivity index (χ4n) is 2.42. The third-order valence-electron chi connectivity index (χ3n) is 3.55. The summed E-state index contributed by atoms with van der Waals surface area (Å²) in [5, 5.41) is 5.90. The summed E-state index contributed by atoms with van der Waals surface area (Å²) in [6.07, 6.45) is 1.44. The number of nitrogens with one attached hydrogen (secondary N) is 1. The number of nitrogens with two attached hydrogens (primary N) is 1. The summed E-state index contributed by atoms with van der Waals surface area (Å²) >= 11 is 12.6. The van der Waals surface area contributed by atoms with E-state index < -0.39 is 0 Å². The maximum absolute atomic E-state index is 6.35. The van der Waals surface area contributed by atoms with Crippen LogP contribution in [-0.2, 0) is 19.4 Å². The molecule has 3 N–H and O–H groups in total. The van der Waals surface area contributed by atoms with Crippen molar-refractivity contribution in [3.8, 4) is 0 Å². The zero-order chi connectivity index (χ0) is 15.4. The van der Waals surface area contributed by atoms with Crippen molar-refractivity contribution in [1.82, 2.24) is 15.2 Å². The summed E-state index contributed by atoms with van der Waals surface area (Å²) in [5.74, 6) is 5.70. The van der Waals surface area contributed by atoms with Crippen LogP contribution in [0.2, 0.25) is 10.0 Å². The lowest BCUT2D eigenvalue weighted by molar-refractivity contribution is 0.496. The summed E-state index contributed by atoms with van der Waals surface area (Å²) in [5.41, 5.74) is 5.78. The Hall–Kier alpha value is -1.07. The summed E-state index contributed by atoms with van der Waals surface area (Å²) in [7, 11) is 0. The molecule has 0 spiro atoms. The van der Waals surface area contributed by atoms with Crippen LogP contribution in [-0.4, -0.2) is 15.8 Å². The minimum absolute atomic E-state index is 0.0452. The average molecular weight is 327 g/mol. The second-order valence-corrected chi connectivity index (χ2v) is 5.81. The van der Waals surface area contributed by atoms with E-state index in [0.717, 1.165) is 40.0 Å². The SMILES string of the molecule is CCn1nc(C)c(Cl)c1CC(Cc1ccccc1Cl)NN. The van der Waals surface area contributed by atoms with Crippen LogP contribution in [0.1, 0.15) is 23.9 Å². The first-order valence-electron chi connectivity index (χ1n) is 6.98. The largest absolute Gasteiger partial charge is 0.271 e. The van der Waals surface area contributed by atoms with Crippen LogP contribution in [0.4, 0.5) is 0 Å². The van der Waals surface area contributed by atoms with Crippen molar-refractivity contribution in [2.75, 3.05) is 0 Å². The molecule has 1 heterocycles. The van der Waals surface area contributed by atoms with Gasteiger partial charge in [0.1, 0.15) is 0 Å². The van der Waals surface area contributed by atoms with Gasteiger partial charge >= 0.3 is 0 Å². The van der Waals surface area contributed by atoms with Gasteiger partial charge in [-0.15, -0.1) is 0 Å². The lowest BCUT2D eigenvalue weighted by atomic mass is 10.0. The smallest absolute Gasteiger partial charge is 0.0847 e. The van der Waals surface area contributed by atoms with Crippen LogP contribution < -0.4 is 11.3 Å². The van der Waals surface area contributed by atoms with E-state index in [2.05, 4.69) is 10.5 Å². The van der Waals surface area contributed by atoms with Gasteiger partial charge in [0.25, 0.3) is 0 Å². The molecule has 0 aliphatic carbocycles. The van der Waals surface area contributed by atoms with Crippen molar-refractivity contribution < 1.29 is 0 Å². The third kappa shape index (κ3) is 3.77. The van der Waals surface area contributed by atoms with Gasteiger partial charge < -0.3 is 0 Å². The van der Waals surface area contributed by atoms with Crippen LogP contribution >= 0.6 is 23.2 Å². The molecule has 1 aromatic heterocycles. The molecular formula is C15H20Cl2N4. The van der Waals surface area contributed by atoms with Crippen molar-refractivity contribution in [1.29, 1.82) is 0 Å². The molecule has 0 aliphatic heterocycles. The van der Waals surface area contributed by atoms with Crippen molar-refractivity contribution in [3.05, 3.63) is 51.3 Å². The Kier molecular flexibility index (Phi) is 5.65. The van der Waals surface area contributed by atoms with E-state index in [0.29, 0.717) is 6.42 Å². The number of benzene rings is 1. The third-order valence-corrected chi connectivity index (χ3v) is 4.41. The standard InChI is InChI=1S/C15H20Cl2N4/c1-3-21-14(15(17)10(2)20-21)9-12(19-18)8-11-6-4-5-7-13(11)16/h4-7,12,19H,3,8-9,18H2,1-2H3. The molecule has 0 radical (unpaired) electrons. The van der Waals surface area contributed by atoms with Gasteiger partial charge in [0.2, 0.25) is 0 Å². The zero-order valence-electron chi connectivity index (χ0n) is 12.2. The first kappa shape index (κ1) is 16.3. The quantitative estimate of drug-likeness (QED) is 0.633. The van der Waals surface area contributed by atoms with E-state index in [9.17, 15) is 0 Å². The van der Waals surface area contributed by atoms with E-state index in [1.54, 1.807) is 0 Å². The molecule has 0 amide bonds. The molecule has 0 saturated carbocycles. The molecule has 1 unspecified atom stereocenters. The molecule has 2 rings (SSSR count). The Morgan fingerprint density at radius 2 is 2.00 bits per heavy atom. The summed E-state index contributed by atoms with van der Waals surface area (Å²) < 4.78 is 1.93. The maximum Gasteiger partial charge on any atom is 0.0847 e. The molecule has 114 valence electrons. The highest BCUT2D eigenvalue weighted by molar-refractivity contribution is 6.32. The average Bonchev–Trinajstić information content (AvgIpc) is 2.76. The topological polar surface area (TPSA) is 55.9 Å². The molecule has 6 heteroatoms. The second kappa shape index (κ2) is 7.27. The summed E-state index contributed by atoms with van der Waals surface area (Å²) in [6.45, 7) is 4.74. The number of rotatable bonds is 6. The summed E-state index contributed by atoms with van der Waals surface area (Å²) in [4.78, 5) is 0. The van der Waals surface area contributed by atoms with Gasteiger partial charge in [-0.25, -0.2) is 0 Å². The minimum Gasteiger partial charge on any atom is -0.271 e. The maximum atomic E-state index is 6.35. The zero-order valence-corrected chi connectivity index (χ0v) is 13.7. The Bertz CT molecular complexity index is 610. The Morgan fingerprint density at radius 1 is 1.29 bits per heavy atom. The molecular weight excluding hydrogens is 307 g/mol. The minimum atomic E-state index is 0.0452. The van der Waals surface area contributed by atoms with E-state index in [4.69, 9.17) is 29.0 Å². The van der Waals surface area contributed by atoms with Gasteiger partial charge in [-0.05, 0) is 31.9 Å². The van der Waals surface area contributed by atoms with Crippen LogP contribution in [0.3, 0.4) is 0 Å². The van der Waals surface area contributed by atoms with E-state index in [1.165, 1.54) is 0 Å². The fourth-order valence-corrected chi connectivity index (χ4v) is 2.84. The number of hydrazine groups is 1. The van der Waals surface area contributed by atoms with Crippen LogP contribution in [0.5, 0.6) is 0 Å². The van der Waals surface area contributed by atoms with Crippen molar-refractivity contribution >= 4 is 23.2 Å².